The van der Waals surface area contributed by atoms with Gasteiger partial charge in [0.2, 0.25) is 0 Å². The van der Waals surface area contributed by atoms with Gasteiger partial charge in [0.15, 0.2) is 0 Å². The number of para-hydroxylation sites is 1. The molecule has 1 amide bonds. The topological polar surface area (TPSA) is 46.6 Å². The van der Waals surface area contributed by atoms with Crippen molar-refractivity contribution < 1.29 is 75.8 Å². The summed E-state index contributed by atoms with van der Waals surface area (Å²) in [5.41, 5.74) is -1.69. The Balaban J connectivity index is 2.47. The number of alkyl halides is 14. The van der Waals surface area contributed by atoms with Crippen LogP contribution in [0.4, 0.5) is 72.8 Å². The third-order valence-electron chi connectivity index (χ3n) is 4.55. The van der Waals surface area contributed by atoms with E-state index in [-0.39, 0.29) is 17.0 Å². The summed E-state index contributed by atoms with van der Waals surface area (Å²) >= 11 is 0. The Morgan fingerprint density at radius 1 is 0.553 bits per heavy atom. The summed E-state index contributed by atoms with van der Waals surface area (Å²) in [7, 11) is 0. The molecule has 2 aromatic carbocycles. The lowest BCUT2D eigenvalue weighted by Crippen LogP contribution is -2.59. The fourth-order valence-electron chi connectivity index (χ4n) is 2.55. The van der Waals surface area contributed by atoms with E-state index in [0.717, 1.165) is 24.3 Å². The molecule has 2 aromatic rings. The van der Waals surface area contributed by atoms with Crippen LogP contribution in [0.3, 0.4) is 0 Å². The van der Waals surface area contributed by atoms with Crippen molar-refractivity contribution >= 4 is 23.3 Å². The van der Waals surface area contributed by atoms with Crippen LogP contribution in [0.2, 0.25) is 0 Å². The Bertz CT molecular complexity index is 1160. The number of amides is 1. The maximum Gasteiger partial charge on any atom is 0.460 e. The quantitative estimate of drug-likeness (QED) is 0.204. The van der Waals surface area contributed by atoms with Crippen LogP contribution in [-0.2, 0) is 9.59 Å². The van der Waals surface area contributed by atoms with Gasteiger partial charge in [-0.1, -0.05) is 18.2 Å². The molecule has 0 saturated carbocycles. The molecule has 2 rings (SSSR count). The van der Waals surface area contributed by atoms with Crippen molar-refractivity contribution in [3.8, 4) is 5.75 Å². The predicted molar refractivity (Wildman–Crippen MR) is 97.6 cm³/mol. The largest absolute Gasteiger partial charge is 0.460 e. The van der Waals surface area contributed by atoms with Gasteiger partial charge in [-0.15, -0.1) is 0 Å². The monoisotopic (exact) mass is 577 g/mol. The molecule has 210 valence electrons. The van der Waals surface area contributed by atoms with E-state index >= 15 is 0 Å². The molecule has 38 heavy (non-hydrogen) atoms. The molecule has 18 heteroatoms. The summed E-state index contributed by atoms with van der Waals surface area (Å²) in [6.07, 6.45) is -13.8. The number of esters is 1. The van der Waals surface area contributed by atoms with Crippen LogP contribution in [0.25, 0.3) is 0 Å². The van der Waals surface area contributed by atoms with Crippen LogP contribution >= 0.6 is 0 Å². The number of hydrogen-bond acceptors (Lipinski definition) is 3. The standard InChI is InChI=1S/C20H9F14NO3/c21-15(22,17(25,26)19(29,30)31)13(36)35(10-4-2-1-3-5-10)11-6-8-12(9-7-11)38-14(37)16(23,24)18(27,28)20(32,33)34/h1-9H. The Morgan fingerprint density at radius 3 is 1.37 bits per heavy atom. The zero-order chi connectivity index (χ0) is 29.5. The van der Waals surface area contributed by atoms with Crippen LogP contribution in [0.15, 0.2) is 54.6 Å². The number of halogens is 14. The lowest BCUT2D eigenvalue weighted by atomic mass is 10.1. The third kappa shape index (κ3) is 5.20. The number of rotatable bonds is 7. The molecule has 0 atom stereocenters. The highest BCUT2D eigenvalue weighted by molar-refractivity contribution is 6.05. The average molecular weight is 577 g/mol. The normalized spacial score (nSPS) is 13.7. The van der Waals surface area contributed by atoms with Gasteiger partial charge >= 0.3 is 47.9 Å². The van der Waals surface area contributed by atoms with Gasteiger partial charge < -0.3 is 4.74 Å². The first kappa shape index (κ1) is 30.6. The summed E-state index contributed by atoms with van der Waals surface area (Å²) in [6, 6.07) is 6.10. The second kappa shape index (κ2) is 9.61. The third-order valence-corrected chi connectivity index (χ3v) is 4.55. The van der Waals surface area contributed by atoms with Crippen molar-refractivity contribution in [3.05, 3.63) is 54.6 Å². The maximum absolute atomic E-state index is 14.1. The first-order valence-corrected chi connectivity index (χ1v) is 9.37. The van der Waals surface area contributed by atoms with E-state index in [1.54, 1.807) is 0 Å². The highest BCUT2D eigenvalue weighted by Gasteiger charge is 2.78. The molecule has 0 radical (unpaired) electrons. The van der Waals surface area contributed by atoms with E-state index in [9.17, 15) is 71.1 Å². The molecule has 0 unspecified atom stereocenters. The number of hydrogen-bond donors (Lipinski definition) is 0. The van der Waals surface area contributed by atoms with Crippen LogP contribution in [0, 0.1) is 0 Å². The summed E-state index contributed by atoms with van der Waals surface area (Å²) in [5.74, 6) is -34.4. The van der Waals surface area contributed by atoms with Gasteiger partial charge in [-0.3, -0.25) is 9.69 Å². The zero-order valence-corrected chi connectivity index (χ0v) is 17.7. The van der Waals surface area contributed by atoms with Crippen molar-refractivity contribution in [2.45, 2.75) is 36.0 Å². The molecule has 0 bridgehead atoms. The van der Waals surface area contributed by atoms with Gasteiger partial charge in [-0.25, -0.2) is 4.79 Å². The van der Waals surface area contributed by atoms with Gasteiger partial charge in [-0.05, 0) is 36.4 Å². The summed E-state index contributed by atoms with van der Waals surface area (Å²) in [6.45, 7) is 0. The molecule has 0 aliphatic rings. The minimum Gasteiger partial charge on any atom is -0.422 e. The molecule has 0 spiro atoms. The Kier molecular flexibility index (Phi) is 7.75. The van der Waals surface area contributed by atoms with Crippen LogP contribution in [0.1, 0.15) is 0 Å². The molecule has 0 heterocycles. The first-order valence-electron chi connectivity index (χ1n) is 9.37. The van der Waals surface area contributed by atoms with E-state index < -0.39 is 65.0 Å². The number of nitrogens with zero attached hydrogens (tertiary/aromatic N) is 1. The number of carbonyl (C=O) groups excluding carboxylic acids is 2. The Hall–Kier alpha value is -3.60. The molecule has 0 aliphatic carbocycles. The second-order valence-electron chi connectivity index (χ2n) is 7.15. The minimum absolute atomic E-state index is 0.262. The number of benzene rings is 2. The van der Waals surface area contributed by atoms with E-state index in [4.69, 9.17) is 0 Å². The number of carbonyl (C=O) groups is 2. The van der Waals surface area contributed by atoms with Crippen molar-refractivity contribution in [1.82, 2.24) is 0 Å². The molecule has 0 saturated heterocycles. The molecule has 0 aliphatic heterocycles. The Labute approximate surface area is 201 Å². The number of anilines is 2. The van der Waals surface area contributed by atoms with Gasteiger partial charge in [0.25, 0.3) is 0 Å². The summed E-state index contributed by atoms with van der Waals surface area (Å²) in [4.78, 5) is 23.2. The smallest absolute Gasteiger partial charge is 0.422 e. The SMILES string of the molecule is O=C(Oc1ccc(N(C(=O)C(F)(F)C(F)(F)C(F)(F)F)c2ccccc2)cc1)C(F)(F)C(F)(F)C(F)(F)F. The molecule has 0 fully saturated rings. The fraction of sp³-hybridized carbons (Fsp3) is 0.300. The van der Waals surface area contributed by atoms with Crippen LogP contribution in [0.5, 0.6) is 5.75 Å². The van der Waals surface area contributed by atoms with E-state index in [1.807, 2.05) is 0 Å². The van der Waals surface area contributed by atoms with Crippen LogP contribution < -0.4 is 9.64 Å². The maximum atomic E-state index is 14.1. The van der Waals surface area contributed by atoms with Crippen molar-refractivity contribution in [2.24, 2.45) is 0 Å². The van der Waals surface area contributed by atoms with E-state index in [0.29, 0.717) is 12.1 Å². The van der Waals surface area contributed by atoms with Gasteiger partial charge in [0.1, 0.15) is 5.75 Å². The molecule has 4 nitrogen and oxygen atoms in total. The van der Waals surface area contributed by atoms with Crippen molar-refractivity contribution in [2.75, 3.05) is 4.90 Å². The first-order chi connectivity index (χ1) is 17.0. The summed E-state index contributed by atoms with van der Waals surface area (Å²) < 4.78 is 186. The minimum atomic E-state index is -6.89. The molecular weight excluding hydrogens is 568 g/mol. The zero-order valence-electron chi connectivity index (χ0n) is 17.7. The molecule has 0 aromatic heterocycles. The second-order valence-corrected chi connectivity index (χ2v) is 7.15. The molecular formula is C20H9F14NO3. The van der Waals surface area contributed by atoms with Gasteiger partial charge in [0, 0.05) is 11.4 Å². The lowest BCUT2D eigenvalue weighted by molar-refractivity contribution is -0.346. The number of ether oxygens (including phenoxy) is 1. The van der Waals surface area contributed by atoms with Gasteiger partial charge in [0.05, 0.1) is 0 Å². The molecule has 0 N–H and O–H groups in total. The Morgan fingerprint density at radius 2 is 0.947 bits per heavy atom. The lowest BCUT2D eigenvalue weighted by Gasteiger charge is -2.32. The predicted octanol–water partition coefficient (Wildman–Crippen LogP) is 6.92. The van der Waals surface area contributed by atoms with Gasteiger partial charge in [-0.2, -0.15) is 61.5 Å². The fourth-order valence-corrected chi connectivity index (χ4v) is 2.55. The van der Waals surface area contributed by atoms with E-state index in [2.05, 4.69) is 4.74 Å². The highest BCUT2D eigenvalue weighted by Crippen LogP contribution is 2.49. The average Bonchev–Trinajstić information content (AvgIpc) is 2.79. The van der Waals surface area contributed by atoms with Crippen molar-refractivity contribution in [1.29, 1.82) is 0 Å². The highest BCUT2D eigenvalue weighted by atomic mass is 19.4. The van der Waals surface area contributed by atoms with E-state index in [1.165, 1.54) is 6.07 Å². The van der Waals surface area contributed by atoms with Crippen molar-refractivity contribution in [3.63, 3.8) is 0 Å². The van der Waals surface area contributed by atoms with Crippen LogP contribution in [-0.4, -0.2) is 47.9 Å². The summed E-state index contributed by atoms with van der Waals surface area (Å²) in [5, 5.41) is 0.